The molecule has 3 nitrogen and oxygen atoms in total. The van der Waals surface area contributed by atoms with E-state index in [2.05, 4.69) is 18.8 Å². The van der Waals surface area contributed by atoms with Crippen LogP contribution in [0.5, 0.6) is 0 Å². The van der Waals surface area contributed by atoms with Gasteiger partial charge in [-0.2, -0.15) is 0 Å². The van der Waals surface area contributed by atoms with Gasteiger partial charge in [-0.15, -0.1) is 0 Å². The molecule has 0 spiro atoms. The molecule has 1 aromatic rings. The van der Waals surface area contributed by atoms with Crippen molar-refractivity contribution in [3.63, 3.8) is 0 Å². The van der Waals surface area contributed by atoms with Gasteiger partial charge in [-0.25, -0.2) is 4.98 Å². The highest BCUT2D eigenvalue weighted by Gasteiger charge is 2.26. The minimum absolute atomic E-state index is 0.469. The number of aromatic nitrogens is 2. The Morgan fingerprint density at radius 3 is 2.62 bits per heavy atom. The lowest BCUT2D eigenvalue weighted by Crippen LogP contribution is -2.23. The number of hydrogen-bond donors (Lipinski definition) is 1. The lowest BCUT2D eigenvalue weighted by atomic mass is 9.92. The monoisotopic (exact) mass is 182 g/mol. The van der Waals surface area contributed by atoms with Crippen molar-refractivity contribution in [1.29, 1.82) is 0 Å². The molecule has 1 N–H and O–H groups in total. The van der Waals surface area contributed by atoms with Crippen LogP contribution >= 0.6 is 0 Å². The third-order valence-electron chi connectivity index (χ3n) is 2.06. The first-order valence-corrected chi connectivity index (χ1v) is 4.62. The van der Waals surface area contributed by atoms with Crippen molar-refractivity contribution in [2.24, 2.45) is 13.0 Å². The summed E-state index contributed by atoms with van der Waals surface area (Å²) in [6.45, 7) is 6.00. The zero-order valence-electron chi connectivity index (χ0n) is 8.78. The predicted molar refractivity (Wildman–Crippen MR) is 52.2 cm³/mol. The van der Waals surface area contributed by atoms with Gasteiger partial charge in [0, 0.05) is 13.2 Å². The molecule has 1 unspecified atom stereocenters. The highest BCUT2D eigenvalue weighted by atomic mass is 16.3. The van der Waals surface area contributed by atoms with Gasteiger partial charge in [0.1, 0.15) is 5.60 Å². The smallest absolute Gasteiger partial charge is 0.105 e. The van der Waals surface area contributed by atoms with Gasteiger partial charge in [0.15, 0.2) is 0 Å². The van der Waals surface area contributed by atoms with Crippen LogP contribution in [0.25, 0.3) is 0 Å². The van der Waals surface area contributed by atoms with E-state index in [1.165, 1.54) is 0 Å². The van der Waals surface area contributed by atoms with E-state index >= 15 is 0 Å². The Labute approximate surface area is 79.4 Å². The van der Waals surface area contributed by atoms with E-state index in [4.69, 9.17) is 0 Å². The molecule has 1 heterocycles. The fraction of sp³-hybridized carbons (Fsp3) is 0.700. The first-order valence-electron chi connectivity index (χ1n) is 4.62. The number of aryl methyl sites for hydroxylation is 1. The maximum atomic E-state index is 10.1. The standard InChI is InChI=1S/C10H18N2O/c1-8(2)5-10(3,13)9-6-12(4)7-11-9/h6-8,13H,5H2,1-4H3. The van der Waals surface area contributed by atoms with Crippen LogP contribution in [-0.2, 0) is 12.6 Å². The summed E-state index contributed by atoms with van der Waals surface area (Å²) < 4.78 is 1.85. The number of hydrogen-bond acceptors (Lipinski definition) is 2. The van der Waals surface area contributed by atoms with E-state index in [1.54, 1.807) is 6.33 Å². The molecule has 13 heavy (non-hydrogen) atoms. The normalized spacial score (nSPS) is 16.2. The molecule has 1 rings (SSSR count). The maximum absolute atomic E-state index is 10.1. The quantitative estimate of drug-likeness (QED) is 0.772. The summed E-state index contributed by atoms with van der Waals surface area (Å²) in [5, 5.41) is 10.1. The van der Waals surface area contributed by atoms with Crippen molar-refractivity contribution in [2.75, 3.05) is 0 Å². The van der Waals surface area contributed by atoms with E-state index in [1.807, 2.05) is 24.7 Å². The van der Waals surface area contributed by atoms with Crippen LogP contribution < -0.4 is 0 Å². The van der Waals surface area contributed by atoms with Crippen molar-refractivity contribution in [2.45, 2.75) is 32.8 Å². The minimum Gasteiger partial charge on any atom is -0.384 e. The maximum Gasteiger partial charge on any atom is 0.105 e. The first kappa shape index (κ1) is 10.3. The molecule has 74 valence electrons. The molecule has 0 aromatic carbocycles. The van der Waals surface area contributed by atoms with Crippen molar-refractivity contribution in [3.8, 4) is 0 Å². The molecular weight excluding hydrogens is 164 g/mol. The molecule has 3 heteroatoms. The number of imidazole rings is 1. The molecule has 0 saturated carbocycles. The van der Waals surface area contributed by atoms with Crippen molar-refractivity contribution in [3.05, 3.63) is 18.2 Å². The van der Waals surface area contributed by atoms with Crippen molar-refractivity contribution in [1.82, 2.24) is 9.55 Å². The van der Waals surface area contributed by atoms with Gasteiger partial charge in [-0.05, 0) is 19.3 Å². The fourth-order valence-corrected chi connectivity index (χ4v) is 1.59. The highest BCUT2D eigenvalue weighted by Crippen LogP contribution is 2.26. The van der Waals surface area contributed by atoms with Crippen LogP contribution in [0.1, 0.15) is 32.9 Å². The molecule has 0 aliphatic rings. The molecule has 0 saturated heterocycles. The predicted octanol–water partition coefficient (Wildman–Crippen LogP) is 1.67. The van der Waals surface area contributed by atoms with Crippen LogP contribution in [0.15, 0.2) is 12.5 Å². The molecule has 1 atom stereocenters. The second-order valence-electron chi connectivity index (χ2n) is 4.30. The summed E-state index contributed by atoms with van der Waals surface area (Å²) in [5.74, 6) is 0.469. The number of aliphatic hydroxyl groups is 1. The summed E-state index contributed by atoms with van der Waals surface area (Å²) in [6.07, 6.45) is 4.32. The van der Waals surface area contributed by atoms with Gasteiger partial charge in [-0.3, -0.25) is 0 Å². The molecule has 0 radical (unpaired) electrons. The molecule has 0 amide bonds. The highest BCUT2D eigenvalue weighted by molar-refractivity contribution is 5.07. The van der Waals surface area contributed by atoms with E-state index in [9.17, 15) is 5.11 Å². The van der Waals surface area contributed by atoms with Crippen LogP contribution in [-0.4, -0.2) is 14.7 Å². The Hall–Kier alpha value is -0.830. The van der Waals surface area contributed by atoms with Crippen LogP contribution in [0.3, 0.4) is 0 Å². The zero-order chi connectivity index (χ0) is 10.1. The fourth-order valence-electron chi connectivity index (χ4n) is 1.59. The average Bonchev–Trinajstić information content (AvgIpc) is 2.32. The van der Waals surface area contributed by atoms with Gasteiger partial charge in [0.2, 0.25) is 0 Å². The van der Waals surface area contributed by atoms with Crippen LogP contribution in [0, 0.1) is 5.92 Å². The topological polar surface area (TPSA) is 38.0 Å². The van der Waals surface area contributed by atoms with Crippen molar-refractivity contribution < 1.29 is 5.11 Å². The molecule has 1 aromatic heterocycles. The SMILES string of the molecule is CC(C)CC(C)(O)c1cn(C)cn1. The summed E-state index contributed by atoms with van der Waals surface area (Å²) >= 11 is 0. The number of rotatable bonds is 3. The van der Waals surface area contributed by atoms with E-state index in [0.717, 1.165) is 12.1 Å². The Bertz CT molecular complexity index is 276. The zero-order valence-corrected chi connectivity index (χ0v) is 8.78. The van der Waals surface area contributed by atoms with Gasteiger partial charge >= 0.3 is 0 Å². The van der Waals surface area contributed by atoms with Crippen LogP contribution in [0.4, 0.5) is 0 Å². The van der Waals surface area contributed by atoms with Gasteiger partial charge in [0.25, 0.3) is 0 Å². The Morgan fingerprint density at radius 2 is 2.23 bits per heavy atom. The molecule has 0 aliphatic heterocycles. The first-order chi connectivity index (χ1) is 5.92. The van der Waals surface area contributed by atoms with Gasteiger partial charge < -0.3 is 9.67 Å². The molecule has 0 fully saturated rings. The Morgan fingerprint density at radius 1 is 1.62 bits per heavy atom. The van der Waals surface area contributed by atoms with Gasteiger partial charge in [0.05, 0.1) is 12.0 Å². The summed E-state index contributed by atoms with van der Waals surface area (Å²) in [5.41, 5.74) is -0.0428. The third kappa shape index (κ3) is 2.56. The molecule has 0 aliphatic carbocycles. The van der Waals surface area contributed by atoms with E-state index < -0.39 is 5.60 Å². The largest absolute Gasteiger partial charge is 0.384 e. The Balaban J connectivity index is 2.80. The minimum atomic E-state index is -0.796. The third-order valence-corrected chi connectivity index (χ3v) is 2.06. The van der Waals surface area contributed by atoms with E-state index in [0.29, 0.717) is 5.92 Å². The van der Waals surface area contributed by atoms with E-state index in [-0.39, 0.29) is 0 Å². The lowest BCUT2D eigenvalue weighted by Gasteiger charge is -2.22. The van der Waals surface area contributed by atoms with Gasteiger partial charge in [-0.1, -0.05) is 13.8 Å². The molecular formula is C10H18N2O. The lowest BCUT2D eigenvalue weighted by molar-refractivity contribution is 0.0309. The summed E-state index contributed by atoms with van der Waals surface area (Å²) in [6, 6.07) is 0. The number of nitrogens with zero attached hydrogens (tertiary/aromatic N) is 2. The second-order valence-corrected chi connectivity index (χ2v) is 4.30. The average molecular weight is 182 g/mol. The summed E-state index contributed by atoms with van der Waals surface area (Å²) in [7, 11) is 1.90. The summed E-state index contributed by atoms with van der Waals surface area (Å²) in [4.78, 5) is 4.15. The molecule has 0 bridgehead atoms. The Kier molecular flexibility index (Phi) is 2.76. The van der Waals surface area contributed by atoms with Crippen molar-refractivity contribution >= 4 is 0 Å². The van der Waals surface area contributed by atoms with Crippen LogP contribution in [0.2, 0.25) is 0 Å². The second kappa shape index (κ2) is 3.50.